The van der Waals surface area contributed by atoms with E-state index in [0.717, 1.165) is 12.7 Å². The third kappa shape index (κ3) is 2.38. The van der Waals surface area contributed by atoms with E-state index in [2.05, 4.69) is 9.97 Å². The smallest absolute Gasteiger partial charge is 0.329 e. The predicted octanol–water partition coefficient (Wildman–Crippen LogP) is 1.88. The second kappa shape index (κ2) is 4.21. The average Bonchev–Trinajstić information content (AvgIpc) is 3.01. The molecule has 1 aliphatic rings. The van der Waals surface area contributed by atoms with Gasteiger partial charge in [0.05, 0.1) is 4.92 Å². The van der Waals surface area contributed by atoms with E-state index in [9.17, 15) is 10.1 Å². The van der Waals surface area contributed by atoms with Crippen molar-refractivity contribution in [2.45, 2.75) is 12.8 Å². The summed E-state index contributed by atoms with van der Waals surface area (Å²) in [5, 5.41) is 10.8. The number of aromatic nitrogens is 2. The van der Waals surface area contributed by atoms with Crippen LogP contribution in [0.4, 0.5) is 11.5 Å². The van der Waals surface area contributed by atoms with E-state index in [1.54, 1.807) is 11.9 Å². The minimum Gasteiger partial charge on any atom is -0.354 e. The van der Waals surface area contributed by atoms with Crippen LogP contribution in [-0.4, -0.2) is 28.5 Å². The van der Waals surface area contributed by atoms with Gasteiger partial charge in [0, 0.05) is 13.6 Å². The summed E-state index contributed by atoms with van der Waals surface area (Å²) in [7, 11) is 1.78. The molecule has 16 heavy (non-hydrogen) atoms. The van der Waals surface area contributed by atoms with Crippen molar-refractivity contribution in [2.75, 3.05) is 18.5 Å². The van der Waals surface area contributed by atoms with Gasteiger partial charge in [-0.3, -0.25) is 10.1 Å². The highest BCUT2D eigenvalue weighted by molar-refractivity contribution is 6.28. The molecule has 0 bridgehead atoms. The topological polar surface area (TPSA) is 72.2 Å². The summed E-state index contributed by atoms with van der Waals surface area (Å²) >= 11 is 5.65. The van der Waals surface area contributed by atoms with Crippen molar-refractivity contribution in [3.05, 3.63) is 21.6 Å². The Morgan fingerprint density at radius 3 is 2.94 bits per heavy atom. The van der Waals surface area contributed by atoms with Gasteiger partial charge in [0.25, 0.3) is 0 Å². The zero-order valence-electron chi connectivity index (χ0n) is 8.76. The molecule has 0 aromatic carbocycles. The quantitative estimate of drug-likeness (QED) is 0.458. The SMILES string of the molecule is CN(CC1CC1)c1nc(Cl)ncc1[N+](=O)[O-]. The summed E-state index contributed by atoms with van der Waals surface area (Å²) in [5.74, 6) is 0.912. The summed E-state index contributed by atoms with van der Waals surface area (Å²) in [6, 6.07) is 0. The first-order valence-electron chi connectivity index (χ1n) is 4.96. The van der Waals surface area contributed by atoms with Crippen LogP contribution in [0.3, 0.4) is 0 Å². The maximum atomic E-state index is 10.8. The van der Waals surface area contributed by atoms with Crippen LogP contribution in [0.5, 0.6) is 0 Å². The molecule has 86 valence electrons. The number of halogens is 1. The van der Waals surface area contributed by atoms with Crippen LogP contribution in [0.25, 0.3) is 0 Å². The zero-order valence-corrected chi connectivity index (χ0v) is 9.52. The fourth-order valence-electron chi connectivity index (χ4n) is 1.53. The number of hydrogen-bond acceptors (Lipinski definition) is 5. The molecular formula is C9H11ClN4O2. The highest BCUT2D eigenvalue weighted by atomic mass is 35.5. The van der Waals surface area contributed by atoms with Gasteiger partial charge < -0.3 is 4.90 Å². The van der Waals surface area contributed by atoms with Crippen molar-refractivity contribution in [1.82, 2.24) is 9.97 Å². The van der Waals surface area contributed by atoms with E-state index >= 15 is 0 Å². The molecule has 6 nitrogen and oxygen atoms in total. The Kier molecular flexibility index (Phi) is 2.91. The molecule has 0 amide bonds. The van der Waals surface area contributed by atoms with Crippen molar-refractivity contribution in [2.24, 2.45) is 5.92 Å². The van der Waals surface area contributed by atoms with Gasteiger partial charge in [0.2, 0.25) is 11.1 Å². The second-order valence-electron chi connectivity index (χ2n) is 3.93. The highest BCUT2D eigenvalue weighted by Gasteiger charge is 2.27. The number of hydrogen-bond donors (Lipinski definition) is 0. The van der Waals surface area contributed by atoms with Gasteiger partial charge in [0.15, 0.2) is 0 Å². The van der Waals surface area contributed by atoms with E-state index in [1.807, 2.05) is 0 Å². The third-order valence-corrected chi connectivity index (χ3v) is 2.69. The van der Waals surface area contributed by atoms with E-state index in [-0.39, 0.29) is 16.8 Å². The van der Waals surface area contributed by atoms with Crippen LogP contribution >= 0.6 is 11.6 Å². The monoisotopic (exact) mass is 242 g/mol. The first-order valence-corrected chi connectivity index (χ1v) is 5.34. The van der Waals surface area contributed by atoms with E-state index in [4.69, 9.17) is 11.6 Å². The van der Waals surface area contributed by atoms with Crippen LogP contribution in [0, 0.1) is 16.0 Å². The van der Waals surface area contributed by atoms with E-state index in [1.165, 1.54) is 12.8 Å². The minimum atomic E-state index is -0.491. The van der Waals surface area contributed by atoms with Crippen LogP contribution < -0.4 is 4.90 Å². The van der Waals surface area contributed by atoms with Crippen LogP contribution in [0.2, 0.25) is 5.28 Å². The molecule has 0 radical (unpaired) electrons. The molecule has 1 aromatic heterocycles. The van der Waals surface area contributed by atoms with Gasteiger partial charge in [-0.25, -0.2) is 4.98 Å². The molecule has 7 heteroatoms. The van der Waals surface area contributed by atoms with E-state index < -0.39 is 4.92 Å². The van der Waals surface area contributed by atoms with Crippen LogP contribution in [0.15, 0.2) is 6.20 Å². The van der Waals surface area contributed by atoms with E-state index in [0.29, 0.717) is 5.92 Å². The standard InChI is InChI=1S/C9H11ClN4O2/c1-13(5-6-2-3-6)8-7(14(15)16)4-11-9(10)12-8/h4,6H,2-3,5H2,1H3. The van der Waals surface area contributed by atoms with Crippen molar-refractivity contribution in [3.63, 3.8) is 0 Å². The Bertz CT molecular complexity index is 422. The van der Waals surface area contributed by atoms with Gasteiger partial charge in [-0.05, 0) is 30.4 Å². The van der Waals surface area contributed by atoms with Crippen LogP contribution in [0.1, 0.15) is 12.8 Å². The largest absolute Gasteiger partial charge is 0.354 e. The lowest BCUT2D eigenvalue weighted by Gasteiger charge is -2.17. The molecule has 1 aliphatic carbocycles. The Morgan fingerprint density at radius 1 is 1.69 bits per heavy atom. The lowest BCUT2D eigenvalue weighted by molar-refractivity contribution is -0.384. The molecule has 2 rings (SSSR count). The molecule has 1 heterocycles. The zero-order chi connectivity index (χ0) is 11.7. The molecule has 0 aliphatic heterocycles. The molecule has 0 atom stereocenters. The fourth-order valence-corrected chi connectivity index (χ4v) is 1.66. The lowest BCUT2D eigenvalue weighted by atomic mass is 10.3. The minimum absolute atomic E-state index is 0.0308. The fraction of sp³-hybridized carbons (Fsp3) is 0.556. The molecule has 1 saturated carbocycles. The molecule has 1 fully saturated rings. The summed E-state index contributed by atoms with van der Waals surface area (Å²) < 4.78 is 0. The van der Waals surface area contributed by atoms with Crippen molar-refractivity contribution in [1.29, 1.82) is 0 Å². The van der Waals surface area contributed by atoms with Gasteiger partial charge in [0.1, 0.15) is 6.20 Å². The normalized spacial score (nSPS) is 14.9. The first kappa shape index (κ1) is 11.1. The van der Waals surface area contributed by atoms with Gasteiger partial charge >= 0.3 is 5.69 Å². The van der Waals surface area contributed by atoms with Gasteiger partial charge in [-0.15, -0.1) is 0 Å². The third-order valence-electron chi connectivity index (χ3n) is 2.51. The summed E-state index contributed by atoms with van der Waals surface area (Å²) in [5.41, 5.74) is -0.104. The van der Waals surface area contributed by atoms with Gasteiger partial charge in [-0.1, -0.05) is 0 Å². The molecule has 0 N–H and O–H groups in total. The number of anilines is 1. The number of rotatable bonds is 4. The Labute approximate surface area is 97.4 Å². The summed E-state index contributed by atoms with van der Waals surface area (Å²) in [6.07, 6.45) is 3.50. The van der Waals surface area contributed by atoms with Crippen molar-refractivity contribution < 1.29 is 4.92 Å². The Morgan fingerprint density at radius 2 is 2.38 bits per heavy atom. The highest BCUT2D eigenvalue weighted by Crippen LogP contribution is 2.32. The first-order chi connectivity index (χ1) is 7.58. The number of nitrogens with zero attached hydrogens (tertiary/aromatic N) is 4. The molecule has 0 saturated heterocycles. The molecular weight excluding hydrogens is 232 g/mol. The van der Waals surface area contributed by atoms with Crippen LogP contribution in [-0.2, 0) is 0 Å². The lowest BCUT2D eigenvalue weighted by Crippen LogP contribution is -2.22. The Hall–Kier alpha value is -1.43. The Balaban J connectivity index is 2.27. The number of nitro groups is 1. The summed E-state index contributed by atoms with van der Waals surface area (Å²) in [6.45, 7) is 0.772. The maximum Gasteiger partial charge on any atom is 0.329 e. The summed E-state index contributed by atoms with van der Waals surface area (Å²) in [4.78, 5) is 19.6. The maximum absolute atomic E-state index is 10.8. The van der Waals surface area contributed by atoms with Gasteiger partial charge in [-0.2, -0.15) is 4.98 Å². The molecule has 0 unspecified atom stereocenters. The molecule has 1 aromatic rings. The second-order valence-corrected chi connectivity index (χ2v) is 4.27. The van der Waals surface area contributed by atoms with Crippen molar-refractivity contribution >= 4 is 23.1 Å². The van der Waals surface area contributed by atoms with Crippen molar-refractivity contribution in [3.8, 4) is 0 Å². The molecule has 0 spiro atoms. The average molecular weight is 243 g/mol. The predicted molar refractivity (Wildman–Crippen MR) is 59.7 cm³/mol.